The highest BCUT2D eigenvalue weighted by atomic mass is 16.5. The lowest BCUT2D eigenvalue weighted by Gasteiger charge is -2.12. The number of rotatable bonds is 8. The average Bonchev–Trinajstić information content (AvgIpc) is 2.61. The van der Waals surface area contributed by atoms with Gasteiger partial charge >= 0.3 is 0 Å². The Morgan fingerprint density at radius 1 is 1.12 bits per heavy atom. The van der Waals surface area contributed by atoms with Crippen molar-refractivity contribution < 1.29 is 14.3 Å². The van der Waals surface area contributed by atoms with E-state index in [2.05, 4.69) is 34.7 Å². The van der Waals surface area contributed by atoms with Crippen molar-refractivity contribution in [2.24, 2.45) is 5.92 Å². The van der Waals surface area contributed by atoms with Crippen molar-refractivity contribution >= 4 is 17.4 Å². The van der Waals surface area contributed by atoms with E-state index in [1.807, 2.05) is 0 Å². The number of hydrogen-bond donors (Lipinski definition) is 2. The van der Waals surface area contributed by atoms with Gasteiger partial charge < -0.3 is 20.1 Å². The second kappa shape index (κ2) is 8.86. The van der Waals surface area contributed by atoms with Gasteiger partial charge in [0.05, 0.1) is 19.9 Å². The van der Waals surface area contributed by atoms with Crippen LogP contribution in [0.15, 0.2) is 30.3 Å². The van der Waals surface area contributed by atoms with E-state index in [1.54, 1.807) is 44.6 Å². The second-order valence-electron chi connectivity index (χ2n) is 5.93. The molecule has 25 heavy (non-hydrogen) atoms. The molecule has 0 saturated heterocycles. The molecule has 0 unspecified atom stereocenters. The monoisotopic (exact) mass is 344 g/mol. The zero-order chi connectivity index (χ0) is 18.2. The predicted octanol–water partition coefficient (Wildman–Crippen LogP) is 3.01. The summed E-state index contributed by atoms with van der Waals surface area (Å²) in [5, 5.41) is 14.0. The number of nitrogens with one attached hydrogen (secondary N) is 2. The van der Waals surface area contributed by atoms with Crippen LogP contribution in [0.4, 0.5) is 11.5 Å². The van der Waals surface area contributed by atoms with Gasteiger partial charge in [-0.3, -0.25) is 4.79 Å². The van der Waals surface area contributed by atoms with Crippen LogP contribution in [0.5, 0.6) is 11.5 Å². The number of benzene rings is 1. The Morgan fingerprint density at radius 3 is 2.52 bits per heavy atom. The number of nitrogens with zero attached hydrogens (tertiary/aromatic N) is 2. The SMILES string of the molecule is COc1ccc(OC)c(Nc2ccc(C(=O)NCCC(C)C)nn2)c1. The summed E-state index contributed by atoms with van der Waals surface area (Å²) >= 11 is 0. The van der Waals surface area contributed by atoms with Crippen molar-refractivity contribution in [3.05, 3.63) is 36.0 Å². The fraction of sp³-hybridized carbons (Fsp3) is 0.389. The molecule has 0 radical (unpaired) electrons. The third-order valence-corrected chi connectivity index (χ3v) is 3.57. The molecule has 0 aliphatic rings. The molecule has 0 spiro atoms. The van der Waals surface area contributed by atoms with Gasteiger partial charge in [0.15, 0.2) is 11.5 Å². The zero-order valence-electron chi connectivity index (χ0n) is 15.0. The van der Waals surface area contributed by atoms with Crippen molar-refractivity contribution in [1.82, 2.24) is 15.5 Å². The Kier molecular flexibility index (Phi) is 6.56. The smallest absolute Gasteiger partial charge is 0.271 e. The van der Waals surface area contributed by atoms with Crippen molar-refractivity contribution in [1.29, 1.82) is 0 Å². The maximum Gasteiger partial charge on any atom is 0.271 e. The summed E-state index contributed by atoms with van der Waals surface area (Å²) in [6, 6.07) is 8.73. The first-order valence-electron chi connectivity index (χ1n) is 8.14. The normalized spacial score (nSPS) is 10.4. The molecule has 2 N–H and O–H groups in total. The standard InChI is InChI=1S/C18H24N4O3/c1-12(2)9-10-19-18(23)14-6-8-17(22-21-14)20-15-11-13(24-3)5-7-16(15)25-4/h5-8,11-12H,9-10H2,1-4H3,(H,19,23)(H,20,22). The Labute approximate surface area is 147 Å². The van der Waals surface area contributed by atoms with Gasteiger partial charge in [-0.2, -0.15) is 0 Å². The van der Waals surface area contributed by atoms with Gasteiger partial charge in [-0.05, 0) is 36.6 Å². The number of hydrogen-bond acceptors (Lipinski definition) is 6. The fourth-order valence-corrected chi connectivity index (χ4v) is 2.13. The second-order valence-corrected chi connectivity index (χ2v) is 5.93. The van der Waals surface area contributed by atoms with Crippen LogP contribution in [0.25, 0.3) is 0 Å². The van der Waals surface area contributed by atoms with Crippen LogP contribution in [0, 0.1) is 5.92 Å². The minimum atomic E-state index is -0.223. The van der Waals surface area contributed by atoms with E-state index in [9.17, 15) is 4.79 Å². The van der Waals surface area contributed by atoms with Gasteiger partial charge in [0, 0.05) is 12.6 Å². The number of aromatic nitrogens is 2. The van der Waals surface area contributed by atoms with E-state index in [1.165, 1.54) is 0 Å². The van der Waals surface area contributed by atoms with Crippen LogP contribution in [0.2, 0.25) is 0 Å². The number of amides is 1. The molecule has 0 atom stereocenters. The van der Waals surface area contributed by atoms with E-state index in [-0.39, 0.29) is 11.6 Å². The van der Waals surface area contributed by atoms with Gasteiger partial charge in [0.2, 0.25) is 0 Å². The molecule has 1 aromatic heterocycles. The minimum absolute atomic E-state index is 0.223. The molecule has 0 fully saturated rings. The first kappa shape index (κ1) is 18.5. The summed E-state index contributed by atoms with van der Waals surface area (Å²) in [6.07, 6.45) is 0.925. The van der Waals surface area contributed by atoms with Crippen molar-refractivity contribution in [2.75, 3.05) is 26.1 Å². The van der Waals surface area contributed by atoms with Crippen molar-refractivity contribution in [2.45, 2.75) is 20.3 Å². The zero-order valence-corrected chi connectivity index (χ0v) is 15.0. The highest BCUT2D eigenvalue weighted by molar-refractivity contribution is 5.92. The van der Waals surface area contributed by atoms with E-state index >= 15 is 0 Å². The maximum absolute atomic E-state index is 12.0. The molecule has 0 aliphatic heterocycles. The first-order valence-corrected chi connectivity index (χ1v) is 8.14. The summed E-state index contributed by atoms with van der Waals surface area (Å²) < 4.78 is 10.5. The molecular formula is C18H24N4O3. The molecule has 1 aromatic carbocycles. The van der Waals surface area contributed by atoms with Gasteiger partial charge in [0.1, 0.15) is 11.5 Å². The predicted molar refractivity (Wildman–Crippen MR) is 96.6 cm³/mol. The van der Waals surface area contributed by atoms with E-state index < -0.39 is 0 Å². The average molecular weight is 344 g/mol. The molecule has 7 heteroatoms. The lowest BCUT2D eigenvalue weighted by Crippen LogP contribution is -2.26. The number of carbonyl (C=O) groups is 1. The van der Waals surface area contributed by atoms with E-state index in [0.29, 0.717) is 35.5 Å². The Hall–Kier alpha value is -2.83. The maximum atomic E-state index is 12.0. The Balaban J connectivity index is 2.04. The third kappa shape index (κ3) is 5.34. The molecule has 0 bridgehead atoms. The van der Waals surface area contributed by atoms with Crippen LogP contribution in [-0.4, -0.2) is 36.9 Å². The number of ether oxygens (including phenoxy) is 2. The van der Waals surface area contributed by atoms with Gasteiger partial charge in [-0.1, -0.05) is 13.8 Å². The molecule has 1 amide bonds. The molecule has 0 aliphatic carbocycles. The van der Waals surface area contributed by atoms with Gasteiger partial charge in [0.25, 0.3) is 5.91 Å². The van der Waals surface area contributed by atoms with E-state index in [4.69, 9.17) is 9.47 Å². The summed E-state index contributed by atoms with van der Waals surface area (Å²) in [5.41, 5.74) is 0.984. The summed E-state index contributed by atoms with van der Waals surface area (Å²) in [4.78, 5) is 12.0. The highest BCUT2D eigenvalue weighted by Crippen LogP contribution is 2.30. The molecule has 2 aromatic rings. The molecule has 0 saturated carbocycles. The van der Waals surface area contributed by atoms with Crippen molar-refractivity contribution in [3.8, 4) is 11.5 Å². The lowest BCUT2D eigenvalue weighted by molar-refractivity contribution is 0.0946. The molecular weight excluding hydrogens is 320 g/mol. The van der Waals surface area contributed by atoms with Crippen LogP contribution >= 0.6 is 0 Å². The summed E-state index contributed by atoms with van der Waals surface area (Å²) in [5.74, 6) is 2.16. The van der Waals surface area contributed by atoms with Gasteiger partial charge in [-0.25, -0.2) is 0 Å². The minimum Gasteiger partial charge on any atom is -0.497 e. The Bertz CT molecular complexity index is 702. The largest absolute Gasteiger partial charge is 0.497 e. The van der Waals surface area contributed by atoms with E-state index in [0.717, 1.165) is 6.42 Å². The van der Waals surface area contributed by atoms with Crippen molar-refractivity contribution in [3.63, 3.8) is 0 Å². The first-order chi connectivity index (χ1) is 12.0. The van der Waals surface area contributed by atoms with Crippen LogP contribution in [-0.2, 0) is 0 Å². The molecule has 7 nitrogen and oxygen atoms in total. The highest BCUT2D eigenvalue weighted by Gasteiger charge is 2.10. The third-order valence-electron chi connectivity index (χ3n) is 3.57. The number of methoxy groups -OCH3 is 2. The molecule has 2 rings (SSSR count). The van der Waals surface area contributed by atoms with Gasteiger partial charge in [-0.15, -0.1) is 10.2 Å². The summed E-state index contributed by atoms with van der Waals surface area (Å²) in [6.45, 7) is 4.84. The Morgan fingerprint density at radius 2 is 1.92 bits per heavy atom. The summed E-state index contributed by atoms with van der Waals surface area (Å²) in [7, 11) is 3.18. The molecule has 134 valence electrons. The van der Waals surface area contributed by atoms with Crippen LogP contribution in [0.1, 0.15) is 30.8 Å². The lowest BCUT2D eigenvalue weighted by atomic mass is 10.1. The number of carbonyl (C=O) groups excluding carboxylic acids is 1. The quantitative estimate of drug-likeness (QED) is 0.766. The molecule has 1 heterocycles. The topological polar surface area (TPSA) is 85.4 Å². The number of anilines is 2. The van der Waals surface area contributed by atoms with Crippen LogP contribution < -0.4 is 20.1 Å². The fourth-order valence-electron chi connectivity index (χ4n) is 2.13. The van der Waals surface area contributed by atoms with Crippen LogP contribution in [0.3, 0.4) is 0 Å².